The van der Waals surface area contributed by atoms with Crippen LogP contribution >= 0.6 is 0 Å². The summed E-state index contributed by atoms with van der Waals surface area (Å²) in [6.45, 7) is 8.04. The normalized spacial score (nSPS) is 34.1. The second-order valence-corrected chi connectivity index (χ2v) is 4.47. The van der Waals surface area contributed by atoms with Crippen LogP contribution in [0.5, 0.6) is 0 Å². The highest BCUT2D eigenvalue weighted by Crippen LogP contribution is 2.12. The van der Waals surface area contributed by atoms with E-state index in [1.165, 1.54) is 38.9 Å². The Morgan fingerprint density at radius 2 is 2.14 bits per heavy atom. The van der Waals surface area contributed by atoms with E-state index in [-0.39, 0.29) is 0 Å². The molecule has 2 fully saturated rings. The third-order valence-electron chi connectivity index (χ3n) is 3.41. The van der Waals surface area contributed by atoms with Gasteiger partial charge < -0.3 is 15.0 Å². The number of nitrogens with one attached hydrogen (secondary N) is 1. The number of hydrogen-bond donors (Lipinski definition) is 1. The van der Waals surface area contributed by atoms with Gasteiger partial charge in [0.25, 0.3) is 0 Å². The lowest BCUT2D eigenvalue weighted by Crippen LogP contribution is -2.39. The van der Waals surface area contributed by atoms with Crippen molar-refractivity contribution < 1.29 is 4.74 Å². The minimum absolute atomic E-state index is 0.411. The number of likely N-dealkylation sites (tertiary alicyclic amines) is 1. The number of ether oxygens (including phenoxy) is 1. The first kappa shape index (κ1) is 10.4. The van der Waals surface area contributed by atoms with Gasteiger partial charge in [-0.2, -0.15) is 0 Å². The highest BCUT2D eigenvalue weighted by atomic mass is 16.5. The molecule has 2 heterocycles. The average Bonchev–Trinajstić information content (AvgIpc) is 2.78. The predicted molar refractivity (Wildman–Crippen MR) is 57.5 cm³/mol. The van der Waals surface area contributed by atoms with Crippen molar-refractivity contribution in [3.8, 4) is 0 Å². The summed E-state index contributed by atoms with van der Waals surface area (Å²) in [6, 6.07) is 0.595. The van der Waals surface area contributed by atoms with Crippen molar-refractivity contribution in [2.75, 3.05) is 32.8 Å². The molecule has 3 nitrogen and oxygen atoms in total. The van der Waals surface area contributed by atoms with Crippen LogP contribution in [-0.2, 0) is 4.74 Å². The fraction of sp³-hybridized carbons (Fsp3) is 1.00. The number of hydrogen-bond acceptors (Lipinski definition) is 3. The fourth-order valence-electron chi connectivity index (χ4n) is 2.41. The van der Waals surface area contributed by atoms with Crippen LogP contribution in [-0.4, -0.2) is 49.8 Å². The summed E-state index contributed by atoms with van der Waals surface area (Å²) in [5.74, 6) is 0. The van der Waals surface area contributed by atoms with E-state index in [1.807, 2.05) is 0 Å². The van der Waals surface area contributed by atoms with Crippen LogP contribution in [0.15, 0.2) is 0 Å². The molecular weight excluding hydrogens is 176 g/mol. The highest BCUT2D eigenvalue weighted by Gasteiger charge is 2.23. The van der Waals surface area contributed by atoms with E-state index in [1.54, 1.807) is 0 Å². The summed E-state index contributed by atoms with van der Waals surface area (Å²) < 4.78 is 5.51. The van der Waals surface area contributed by atoms with Gasteiger partial charge in [-0.15, -0.1) is 0 Å². The molecule has 0 spiro atoms. The smallest absolute Gasteiger partial charge is 0.0700 e. The van der Waals surface area contributed by atoms with Gasteiger partial charge in [-0.1, -0.05) is 0 Å². The Hall–Kier alpha value is -0.120. The topological polar surface area (TPSA) is 24.5 Å². The molecule has 2 saturated heterocycles. The molecule has 2 unspecified atom stereocenters. The lowest BCUT2D eigenvalue weighted by atomic mass is 10.1. The van der Waals surface area contributed by atoms with Crippen LogP contribution in [0, 0.1) is 0 Å². The summed E-state index contributed by atoms with van der Waals surface area (Å²) in [7, 11) is 0. The van der Waals surface area contributed by atoms with Gasteiger partial charge in [0.15, 0.2) is 0 Å². The Kier molecular flexibility index (Phi) is 3.79. The maximum Gasteiger partial charge on any atom is 0.0700 e. The van der Waals surface area contributed by atoms with Crippen molar-refractivity contribution >= 4 is 0 Å². The summed E-state index contributed by atoms with van der Waals surface area (Å²) in [4.78, 5) is 2.55. The van der Waals surface area contributed by atoms with E-state index in [0.29, 0.717) is 12.1 Å². The molecule has 1 N–H and O–H groups in total. The number of nitrogens with zero attached hydrogens (tertiary/aromatic N) is 1. The Morgan fingerprint density at radius 3 is 2.79 bits per heavy atom. The molecule has 0 aromatic carbocycles. The maximum absolute atomic E-state index is 5.51. The average molecular weight is 198 g/mol. The Bertz CT molecular complexity index is 169. The summed E-state index contributed by atoms with van der Waals surface area (Å²) in [5, 5.41) is 3.59. The number of rotatable bonds is 4. The molecule has 0 radical (unpaired) electrons. The standard InChI is InChI=1S/C11H22N2O/c1-10-11(4-9-14-10)12-5-8-13-6-2-3-7-13/h10-12H,2-9H2,1H3. The molecule has 3 heteroatoms. The molecule has 0 bridgehead atoms. The zero-order valence-corrected chi connectivity index (χ0v) is 9.17. The predicted octanol–water partition coefficient (Wildman–Crippen LogP) is 0.849. The molecule has 0 aromatic rings. The van der Waals surface area contributed by atoms with Crippen molar-refractivity contribution in [3.63, 3.8) is 0 Å². The third kappa shape index (κ3) is 2.69. The van der Waals surface area contributed by atoms with Crippen LogP contribution in [0.3, 0.4) is 0 Å². The van der Waals surface area contributed by atoms with Crippen molar-refractivity contribution in [2.24, 2.45) is 0 Å². The zero-order chi connectivity index (χ0) is 9.80. The quantitative estimate of drug-likeness (QED) is 0.725. The minimum Gasteiger partial charge on any atom is -0.377 e. The van der Waals surface area contributed by atoms with Gasteiger partial charge in [0.1, 0.15) is 0 Å². The zero-order valence-electron chi connectivity index (χ0n) is 9.17. The van der Waals surface area contributed by atoms with Gasteiger partial charge in [0.2, 0.25) is 0 Å². The maximum atomic E-state index is 5.51. The Balaban J connectivity index is 1.57. The van der Waals surface area contributed by atoms with E-state index in [0.717, 1.165) is 13.2 Å². The molecular formula is C11H22N2O. The van der Waals surface area contributed by atoms with Gasteiger partial charge in [0.05, 0.1) is 6.10 Å². The molecule has 2 atom stereocenters. The van der Waals surface area contributed by atoms with Gasteiger partial charge in [0, 0.05) is 25.7 Å². The second kappa shape index (κ2) is 5.10. The van der Waals surface area contributed by atoms with Crippen LogP contribution in [0.4, 0.5) is 0 Å². The first-order valence-corrected chi connectivity index (χ1v) is 5.93. The van der Waals surface area contributed by atoms with E-state index in [9.17, 15) is 0 Å². The minimum atomic E-state index is 0.411. The van der Waals surface area contributed by atoms with Crippen LogP contribution in [0.1, 0.15) is 26.2 Å². The third-order valence-corrected chi connectivity index (χ3v) is 3.41. The van der Waals surface area contributed by atoms with Crippen LogP contribution in [0.2, 0.25) is 0 Å². The van der Waals surface area contributed by atoms with Gasteiger partial charge in [-0.05, 0) is 39.3 Å². The molecule has 2 aliphatic rings. The second-order valence-electron chi connectivity index (χ2n) is 4.47. The SMILES string of the molecule is CC1OCCC1NCCN1CCCC1. The van der Waals surface area contributed by atoms with E-state index < -0.39 is 0 Å². The summed E-state index contributed by atoms with van der Waals surface area (Å²) in [6.07, 6.45) is 4.38. The first-order chi connectivity index (χ1) is 6.86. The van der Waals surface area contributed by atoms with E-state index in [4.69, 9.17) is 4.74 Å². The highest BCUT2D eigenvalue weighted by molar-refractivity contribution is 4.79. The van der Waals surface area contributed by atoms with E-state index >= 15 is 0 Å². The first-order valence-electron chi connectivity index (χ1n) is 5.93. The summed E-state index contributed by atoms with van der Waals surface area (Å²) >= 11 is 0. The Morgan fingerprint density at radius 1 is 1.36 bits per heavy atom. The largest absolute Gasteiger partial charge is 0.377 e. The van der Waals surface area contributed by atoms with Crippen LogP contribution in [0.25, 0.3) is 0 Å². The molecule has 2 aliphatic heterocycles. The molecule has 2 rings (SSSR count). The van der Waals surface area contributed by atoms with Crippen molar-refractivity contribution in [1.82, 2.24) is 10.2 Å². The Labute approximate surface area is 86.8 Å². The molecule has 0 aliphatic carbocycles. The fourth-order valence-corrected chi connectivity index (χ4v) is 2.41. The molecule has 0 aromatic heterocycles. The van der Waals surface area contributed by atoms with Gasteiger partial charge >= 0.3 is 0 Å². The molecule has 14 heavy (non-hydrogen) atoms. The lowest BCUT2D eigenvalue weighted by molar-refractivity contribution is 0.112. The van der Waals surface area contributed by atoms with Crippen molar-refractivity contribution in [2.45, 2.75) is 38.3 Å². The molecule has 82 valence electrons. The van der Waals surface area contributed by atoms with E-state index in [2.05, 4.69) is 17.1 Å². The van der Waals surface area contributed by atoms with Crippen molar-refractivity contribution in [1.29, 1.82) is 0 Å². The van der Waals surface area contributed by atoms with Crippen molar-refractivity contribution in [3.05, 3.63) is 0 Å². The lowest BCUT2D eigenvalue weighted by Gasteiger charge is -2.19. The van der Waals surface area contributed by atoms with Gasteiger partial charge in [-0.25, -0.2) is 0 Å². The monoisotopic (exact) mass is 198 g/mol. The molecule has 0 saturated carbocycles. The molecule has 0 amide bonds. The summed E-state index contributed by atoms with van der Waals surface area (Å²) in [5.41, 5.74) is 0. The van der Waals surface area contributed by atoms with Gasteiger partial charge in [-0.3, -0.25) is 0 Å². The van der Waals surface area contributed by atoms with Crippen LogP contribution < -0.4 is 5.32 Å².